The first-order valence-corrected chi connectivity index (χ1v) is 11.6. The Morgan fingerprint density at radius 1 is 1.17 bits per heavy atom. The molecule has 2 saturated heterocycles. The molecule has 2 unspecified atom stereocenters. The zero-order valence-electron chi connectivity index (χ0n) is 18.7. The lowest BCUT2D eigenvalue weighted by atomic mass is 9.97. The van der Waals surface area contributed by atoms with Gasteiger partial charge in [-0.25, -0.2) is 0 Å². The molecule has 29 heavy (non-hydrogen) atoms. The van der Waals surface area contributed by atoms with E-state index in [2.05, 4.69) is 45.3 Å². The molecule has 6 heteroatoms. The minimum absolute atomic E-state index is 0.264. The average molecular weight is 404 g/mol. The molecule has 2 aliphatic heterocycles. The van der Waals surface area contributed by atoms with Crippen LogP contribution >= 0.6 is 0 Å². The fourth-order valence-corrected chi connectivity index (χ4v) is 4.78. The molecular weight excluding hydrogens is 362 g/mol. The van der Waals surface area contributed by atoms with Gasteiger partial charge in [-0.1, -0.05) is 20.3 Å². The Morgan fingerprint density at radius 2 is 2.00 bits per heavy atom. The zero-order valence-corrected chi connectivity index (χ0v) is 18.7. The van der Waals surface area contributed by atoms with Crippen LogP contribution in [0.5, 0.6) is 0 Å². The van der Waals surface area contributed by atoms with Crippen LogP contribution in [0, 0.1) is 11.8 Å². The maximum absolute atomic E-state index is 5.77. The van der Waals surface area contributed by atoms with Gasteiger partial charge in [-0.3, -0.25) is 9.89 Å². The highest BCUT2D eigenvalue weighted by atomic mass is 16.3. The van der Waals surface area contributed by atoms with Gasteiger partial charge in [0, 0.05) is 33.2 Å². The highest BCUT2D eigenvalue weighted by Gasteiger charge is 2.25. The van der Waals surface area contributed by atoms with E-state index >= 15 is 0 Å². The second kappa shape index (κ2) is 11.6. The third kappa shape index (κ3) is 7.03. The normalized spacial score (nSPS) is 23.3. The van der Waals surface area contributed by atoms with Crippen molar-refractivity contribution in [3.05, 3.63) is 24.2 Å². The monoisotopic (exact) mass is 403 g/mol. The molecule has 0 spiro atoms. The number of nitrogens with one attached hydrogen (secondary N) is 2. The lowest BCUT2D eigenvalue weighted by Gasteiger charge is -2.35. The predicted octanol–water partition coefficient (Wildman–Crippen LogP) is 3.34. The lowest BCUT2D eigenvalue weighted by molar-refractivity contribution is 0.146. The summed E-state index contributed by atoms with van der Waals surface area (Å²) in [6, 6.07) is 4.36. The molecule has 2 atom stereocenters. The minimum Gasteiger partial charge on any atom is -0.468 e. The van der Waals surface area contributed by atoms with E-state index in [1.807, 2.05) is 13.1 Å². The lowest BCUT2D eigenvalue weighted by Crippen LogP contribution is -2.47. The summed E-state index contributed by atoms with van der Waals surface area (Å²) in [6.45, 7) is 12.4. The Labute approximate surface area is 177 Å². The van der Waals surface area contributed by atoms with Crippen LogP contribution < -0.4 is 10.6 Å². The van der Waals surface area contributed by atoms with Crippen molar-refractivity contribution < 1.29 is 4.42 Å². The molecule has 3 heterocycles. The molecule has 1 aromatic heterocycles. The van der Waals surface area contributed by atoms with E-state index in [4.69, 9.17) is 4.42 Å². The van der Waals surface area contributed by atoms with Crippen LogP contribution in [0.25, 0.3) is 0 Å². The number of aliphatic imine (C=N–C) groups is 1. The van der Waals surface area contributed by atoms with Crippen molar-refractivity contribution in [2.24, 2.45) is 16.8 Å². The van der Waals surface area contributed by atoms with Crippen LogP contribution in [0.15, 0.2) is 27.8 Å². The van der Waals surface area contributed by atoms with Crippen LogP contribution in [0.2, 0.25) is 0 Å². The fourth-order valence-electron chi connectivity index (χ4n) is 4.78. The van der Waals surface area contributed by atoms with Crippen molar-refractivity contribution in [3.63, 3.8) is 0 Å². The van der Waals surface area contributed by atoms with Crippen LogP contribution in [0.3, 0.4) is 0 Å². The van der Waals surface area contributed by atoms with Gasteiger partial charge in [0.15, 0.2) is 5.96 Å². The molecule has 1 aromatic rings. The molecular formula is C23H41N5O. The van der Waals surface area contributed by atoms with Crippen LogP contribution in [0.4, 0.5) is 0 Å². The minimum atomic E-state index is 0.264. The van der Waals surface area contributed by atoms with Gasteiger partial charge in [0.1, 0.15) is 5.76 Å². The standard InChI is InChI=1S/C23H41N5O/c1-19(2)17-27-11-7-9-20(18-27)15-25-23(24-3)26-16-21(22-10-8-14-29-22)28-12-5-4-6-13-28/h8,10,14,19-21H,4-7,9,11-13,15-18H2,1-3H3,(H2,24,25,26). The quantitative estimate of drug-likeness (QED) is 0.515. The maximum Gasteiger partial charge on any atom is 0.191 e. The SMILES string of the molecule is CN=C(NCC1CCCN(CC(C)C)C1)NCC(c1ccco1)N1CCCCC1. The van der Waals surface area contributed by atoms with Gasteiger partial charge in [0.05, 0.1) is 12.3 Å². The van der Waals surface area contributed by atoms with Gasteiger partial charge in [-0.05, 0) is 69.3 Å². The van der Waals surface area contributed by atoms with Gasteiger partial charge in [-0.15, -0.1) is 0 Å². The fraction of sp³-hybridized carbons (Fsp3) is 0.783. The first-order valence-electron chi connectivity index (χ1n) is 11.6. The number of likely N-dealkylation sites (tertiary alicyclic amines) is 2. The molecule has 0 saturated carbocycles. The summed E-state index contributed by atoms with van der Waals surface area (Å²) in [6.07, 6.45) is 8.29. The number of rotatable bonds is 8. The van der Waals surface area contributed by atoms with Crippen molar-refractivity contribution in [3.8, 4) is 0 Å². The van der Waals surface area contributed by atoms with Crippen LogP contribution in [0.1, 0.15) is 57.8 Å². The van der Waals surface area contributed by atoms with Crippen molar-refractivity contribution in [2.75, 3.05) is 52.9 Å². The van der Waals surface area contributed by atoms with Crippen molar-refractivity contribution in [1.82, 2.24) is 20.4 Å². The van der Waals surface area contributed by atoms with E-state index in [-0.39, 0.29) is 6.04 Å². The Morgan fingerprint density at radius 3 is 2.69 bits per heavy atom. The largest absolute Gasteiger partial charge is 0.468 e. The first kappa shape index (κ1) is 22.2. The molecule has 0 bridgehead atoms. The van der Waals surface area contributed by atoms with Crippen molar-refractivity contribution in [2.45, 2.75) is 52.0 Å². The van der Waals surface area contributed by atoms with E-state index in [0.29, 0.717) is 5.92 Å². The summed E-state index contributed by atoms with van der Waals surface area (Å²) in [5.41, 5.74) is 0. The third-order valence-electron chi connectivity index (χ3n) is 6.17. The summed E-state index contributed by atoms with van der Waals surface area (Å²) in [4.78, 5) is 9.64. The van der Waals surface area contributed by atoms with Crippen LogP contribution in [-0.2, 0) is 0 Å². The van der Waals surface area contributed by atoms with E-state index < -0.39 is 0 Å². The van der Waals surface area contributed by atoms with E-state index in [9.17, 15) is 0 Å². The molecule has 0 radical (unpaired) electrons. The topological polar surface area (TPSA) is 56.0 Å². The molecule has 0 amide bonds. The van der Waals surface area contributed by atoms with Gasteiger partial charge >= 0.3 is 0 Å². The third-order valence-corrected chi connectivity index (χ3v) is 6.17. The molecule has 164 valence electrons. The molecule has 3 rings (SSSR count). The summed E-state index contributed by atoms with van der Waals surface area (Å²) < 4.78 is 5.77. The maximum atomic E-state index is 5.77. The van der Waals surface area contributed by atoms with E-state index in [0.717, 1.165) is 43.8 Å². The number of piperidine rings is 2. The molecule has 6 nitrogen and oxygen atoms in total. The number of hydrogen-bond acceptors (Lipinski definition) is 4. The highest BCUT2D eigenvalue weighted by molar-refractivity contribution is 5.79. The molecule has 2 aliphatic rings. The Balaban J connectivity index is 1.48. The molecule has 0 aliphatic carbocycles. The highest BCUT2D eigenvalue weighted by Crippen LogP contribution is 2.24. The van der Waals surface area contributed by atoms with E-state index in [1.54, 1.807) is 6.26 Å². The Hall–Kier alpha value is -1.53. The summed E-state index contributed by atoms with van der Waals surface area (Å²) in [5, 5.41) is 7.14. The molecule has 2 fully saturated rings. The van der Waals surface area contributed by atoms with Gasteiger partial charge in [-0.2, -0.15) is 0 Å². The van der Waals surface area contributed by atoms with Crippen molar-refractivity contribution >= 4 is 5.96 Å². The average Bonchev–Trinajstić information content (AvgIpc) is 3.25. The smallest absolute Gasteiger partial charge is 0.191 e. The van der Waals surface area contributed by atoms with Gasteiger partial charge in [0.2, 0.25) is 0 Å². The number of nitrogens with zero attached hydrogens (tertiary/aromatic N) is 3. The summed E-state index contributed by atoms with van der Waals surface area (Å²) in [7, 11) is 1.87. The number of furan rings is 1. The van der Waals surface area contributed by atoms with Crippen LogP contribution in [-0.4, -0.2) is 68.6 Å². The second-order valence-electron chi connectivity index (χ2n) is 9.12. The summed E-state index contributed by atoms with van der Waals surface area (Å²) in [5.74, 6) is 3.39. The number of guanidine groups is 1. The zero-order chi connectivity index (χ0) is 20.5. The van der Waals surface area contributed by atoms with E-state index in [1.165, 1.54) is 51.7 Å². The molecule has 0 aromatic carbocycles. The van der Waals surface area contributed by atoms with Crippen molar-refractivity contribution in [1.29, 1.82) is 0 Å². The number of hydrogen-bond donors (Lipinski definition) is 2. The Bertz CT molecular complexity index is 594. The first-order chi connectivity index (χ1) is 14.2. The Kier molecular flexibility index (Phi) is 8.87. The van der Waals surface area contributed by atoms with Gasteiger partial charge in [0.25, 0.3) is 0 Å². The second-order valence-corrected chi connectivity index (χ2v) is 9.12. The summed E-state index contributed by atoms with van der Waals surface area (Å²) >= 11 is 0. The molecule has 2 N–H and O–H groups in total. The predicted molar refractivity (Wildman–Crippen MR) is 120 cm³/mol. The van der Waals surface area contributed by atoms with Gasteiger partial charge < -0.3 is 20.0 Å².